The van der Waals surface area contributed by atoms with Gasteiger partial charge >= 0.3 is 25.3 Å². The van der Waals surface area contributed by atoms with E-state index < -0.39 is 36.5 Å². The lowest BCUT2D eigenvalue weighted by atomic mass is 9.80. The number of halogens is 7. The monoisotopic (exact) mass is 1800 g/mol. The molecule has 0 saturated carbocycles. The third-order valence-corrected chi connectivity index (χ3v) is 19.2. The van der Waals surface area contributed by atoms with Crippen LogP contribution in [0.3, 0.4) is 0 Å². The average molecular weight is 1800 g/mol. The number of benzene rings is 8. The van der Waals surface area contributed by atoms with Crippen molar-refractivity contribution in [3.63, 3.8) is 0 Å². The van der Waals surface area contributed by atoms with Crippen LogP contribution in [0.15, 0.2) is 211 Å². The van der Waals surface area contributed by atoms with Gasteiger partial charge in [-0.2, -0.15) is 0 Å². The number of ether oxygens (including phenoxy) is 6. The van der Waals surface area contributed by atoms with Crippen LogP contribution in [0.1, 0.15) is 105 Å². The first kappa shape index (κ1) is 96.5. The first-order valence-electron chi connectivity index (χ1n) is 37.8. The van der Waals surface area contributed by atoms with Crippen molar-refractivity contribution in [3.05, 3.63) is 287 Å². The van der Waals surface area contributed by atoms with E-state index in [0.717, 1.165) is 89.5 Å². The highest BCUT2D eigenvalue weighted by molar-refractivity contribution is 9.10. The Bertz CT molecular complexity index is 5050. The second-order valence-corrected chi connectivity index (χ2v) is 33.2. The van der Waals surface area contributed by atoms with Gasteiger partial charge in [-0.15, -0.1) is 23.2 Å². The van der Waals surface area contributed by atoms with Crippen LogP contribution in [0.25, 0.3) is 45.5 Å². The van der Waals surface area contributed by atoms with Crippen molar-refractivity contribution in [1.29, 1.82) is 0 Å². The average Bonchev–Trinajstić information content (AvgIpc) is 1.69. The summed E-state index contributed by atoms with van der Waals surface area (Å²) in [6.07, 6.45) is 14.2. The number of aromatic nitrogens is 2. The van der Waals surface area contributed by atoms with Gasteiger partial charge in [0.05, 0.1) is 45.1 Å². The number of pyridine rings is 2. The number of nitrogens with one attached hydrogen (secondary N) is 3. The quantitative estimate of drug-likeness (QED) is 0.0286. The Hall–Kier alpha value is -9.62. The molecule has 4 atom stereocenters. The van der Waals surface area contributed by atoms with Crippen LogP contribution in [-0.2, 0) is 44.7 Å². The van der Waals surface area contributed by atoms with Crippen molar-refractivity contribution in [2.45, 2.75) is 138 Å². The molecule has 27 heteroatoms. The highest BCUT2D eigenvalue weighted by atomic mass is 79.9. The van der Waals surface area contributed by atoms with Crippen LogP contribution in [0.4, 0.5) is 9.59 Å². The summed E-state index contributed by atoms with van der Waals surface area (Å²) >= 11 is 38.3. The number of nitrogens with two attached hydrogens (primary N) is 1. The number of hydrogen-bond acceptors (Lipinski definition) is 15. The Morgan fingerprint density at radius 3 is 1.13 bits per heavy atom. The van der Waals surface area contributed by atoms with E-state index in [1.807, 2.05) is 97.0 Å². The van der Waals surface area contributed by atoms with E-state index >= 15 is 0 Å². The molecule has 628 valence electrons. The number of fused-ring (bicyclic) bond motifs is 4. The predicted octanol–water partition coefficient (Wildman–Crippen LogP) is 20.4. The number of carbonyl (C=O) groups is 4. The van der Waals surface area contributed by atoms with Gasteiger partial charge in [-0.1, -0.05) is 201 Å². The minimum atomic E-state index is -1.35. The number of alkyl halides is 2. The van der Waals surface area contributed by atoms with Crippen molar-refractivity contribution in [2.75, 3.05) is 31.5 Å². The molecular weight excluding hydrogens is 1700 g/mol. The molecule has 0 aliphatic carbocycles. The number of aliphatic carboxylic acids is 1. The van der Waals surface area contributed by atoms with Crippen molar-refractivity contribution >= 4 is 134 Å². The number of hydrogen-bond donors (Lipinski definition) is 7. The molecule has 119 heavy (non-hydrogen) atoms. The molecule has 8 aromatic carbocycles. The number of amides is 3. The smallest absolute Gasteiger partial charge is 0.487 e. The Balaban J connectivity index is 0.000000201. The first-order valence-corrected chi connectivity index (χ1v) is 41.2. The lowest BCUT2D eigenvalue weighted by Crippen LogP contribution is -2.38. The molecule has 3 amide bonds. The summed E-state index contributed by atoms with van der Waals surface area (Å²) < 4.78 is 34.7. The van der Waals surface area contributed by atoms with Crippen LogP contribution < -0.4 is 46.1 Å². The van der Waals surface area contributed by atoms with Gasteiger partial charge in [-0.3, -0.25) is 14.8 Å². The van der Waals surface area contributed by atoms with Crippen LogP contribution in [0, 0.1) is 27.7 Å². The molecule has 14 rings (SSSR count). The number of carbonyl (C=O) groups excluding carboxylic acids is 3. The van der Waals surface area contributed by atoms with Crippen molar-refractivity contribution in [1.82, 2.24) is 25.9 Å². The lowest BCUT2D eigenvalue weighted by molar-refractivity contribution is -0.131. The van der Waals surface area contributed by atoms with Crippen molar-refractivity contribution in [3.8, 4) is 56.4 Å². The summed E-state index contributed by atoms with van der Waals surface area (Å²) in [5, 5.41) is 36.6. The maximum atomic E-state index is 12.1. The molecule has 0 saturated heterocycles. The Morgan fingerprint density at radius 1 is 0.487 bits per heavy atom. The third-order valence-electron chi connectivity index (χ3n) is 17.6. The topological polar surface area (TPSA) is 272 Å². The SMILES string of the molecule is C.CC(C)(C)OC(=O)NCC1Cc2cc(Br)cc(Cl)c2O1.Cc1ccc(-c2cc(Cl)c3c(c2)CC(CN)O3)cc1.Cc1ccc(-c2cc(Cl)c3c(c2)CC(CNC(=O)/C=C/c2cccnc2)O3)cc1.Cc1ccc(-c2cc(Cl)c3c(c2)CC(CNC(=O)OC(C)(C)C)O3)cc1.Cc1ccc(B(O)O)cc1.ClCCl.O=C(O)/C=C/c1cccnc1. The zero-order chi connectivity index (χ0) is 85.8. The fourth-order valence-corrected chi connectivity index (χ4v) is 13.8. The number of carboxylic acid groups (broad SMARTS) is 1. The molecule has 8 N–H and O–H groups in total. The summed E-state index contributed by atoms with van der Waals surface area (Å²) in [6, 6.07) is 55.5. The van der Waals surface area contributed by atoms with E-state index in [1.165, 1.54) is 34.4 Å². The van der Waals surface area contributed by atoms with Gasteiger partial charge in [0.15, 0.2) is 0 Å². The number of carboxylic acids is 1. The molecule has 4 unspecified atom stereocenters. The Labute approximate surface area is 736 Å². The van der Waals surface area contributed by atoms with Gasteiger partial charge in [-0.25, -0.2) is 14.4 Å². The number of alkyl carbamates (subject to hydrolysis) is 2. The molecule has 0 bridgehead atoms. The summed E-state index contributed by atoms with van der Waals surface area (Å²) in [5.74, 6) is 1.80. The lowest BCUT2D eigenvalue weighted by Gasteiger charge is -2.20. The maximum absolute atomic E-state index is 12.1. The summed E-state index contributed by atoms with van der Waals surface area (Å²) in [5.41, 5.74) is 22.7. The van der Waals surface area contributed by atoms with E-state index in [4.69, 9.17) is 119 Å². The number of rotatable bonds is 15. The molecule has 19 nitrogen and oxygen atoms in total. The second-order valence-electron chi connectivity index (χ2n) is 29.8. The summed E-state index contributed by atoms with van der Waals surface area (Å²) in [4.78, 5) is 53.4. The third kappa shape index (κ3) is 32.1. The molecule has 4 aliphatic heterocycles. The highest BCUT2D eigenvalue weighted by Crippen LogP contribution is 2.43. The Kier molecular flexibility index (Phi) is 38.0. The van der Waals surface area contributed by atoms with Gasteiger partial charge in [0.2, 0.25) is 5.91 Å². The minimum absolute atomic E-state index is 0. The van der Waals surface area contributed by atoms with Crippen molar-refractivity contribution < 1.29 is 62.8 Å². The van der Waals surface area contributed by atoms with Crippen LogP contribution in [-0.4, -0.2) is 123 Å². The van der Waals surface area contributed by atoms with E-state index in [0.29, 0.717) is 88.2 Å². The fourth-order valence-electron chi connectivity index (χ4n) is 12.0. The summed E-state index contributed by atoms with van der Waals surface area (Å²) in [7, 11) is -1.35. The molecule has 0 spiro atoms. The highest BCUT2D eigenvalue weighted by Gasteiger charge is 2.31. The van der Waals surface area contributed by atoms with Gasteiger partial charge < -0.3 is 65.3 Å². The van der Waals surface area contributed by atoms with Crippen molar-refractivity contribution in [2.24, 2.45) is 5.73 Å². The molecule has 10 aromatic rings. The molecule has 0 fully saturated rings. The molecule has 6 heterocycles. The van der Waals surface area contributed by atoms with E-state index in [1.54, 1.807) is 61.2 Å². The second kappa shape index (κ2) is 46.8. The van der Waals surface area contributed by atoms with E-state index in [2.05, 4.69) is 154 Å². The largest absolute Gasteiger partial charge is 0.488 e. The molecule has 0 radical (unpaired) electrons. The fraction of sp³-hybridized carbons (Fsp3) is 0.283. The zero-order valence-electron chi connectivity index (χ0n) is 67.1. The Morgan fingerprint density at radius 2 is 0.807 bits per heavy atom. The van der Waals surface area contributed by atoms with E-state index in [-0.39, 0.29) is 43.1 Å². The van der Waals surface area contributed by atoms with Crippen LogP contribution in [0.5, 0.6) is 23.0 Å². The molecular formula is C92H100BBrCl6N6O13. The van der Waals surface area contributed by atoms with Crippen LogP contribution in [0.2, 0.25) is 20.1 Å². The molecule has 2 aromatic heterocycles. The van der Waals surface area contributed by atoms with Gasteiger partial charge in [0, 0.05) is 95.9 Å². The van der Waals surface area contributed by atoms with Gasteiger partial charge in [-0.05, 0) is 192 Å². The van der Waals surface area contributed by atoms with E-state index in [9.17, 15) is 19.2 Å². The number of aryl methyl sites for hydroxylation is 4. The maximum Gasteiger partial charge on any atom is 0.488 e. The normalized spacial score (nSPS) is 14.7. The van der Waals surface area contributed by atoms with Gasteiger partial charge in [0.25, 0.3) is 0 Å². The van der Waals surface area contributed by atoms with Gasteiger partial charge in [0.1, 0.15) is 58.6 Å². The van der Waals surface area contributed by atoms with Crippen LogP contribution >= 0.6 is 85.5 Å². The molecule has 4 aliphatic rings. The first-order chi connectivity index (χ1) is 56.1. The zero-order valence-corrected chi connectivity index (χ0v) is 73.2. The minimum Gasteiger partial charge on any atom is -0.487 e. The number of nitrogens with zero attached hydrogens (tertiary/aromatic N) is 2. The predicted molar refractivity (Wildman–Crippen MR) is 486 cm³/mol. The summed E-state index contributed by atoms with van der Waals surface area (Å²) in [6.45, 7) is 20.8. The standard InChI is InChI=1S/C24H21ClN2O2.C21H24ClNO3.C16H16ClNO.C14H17BrClNO3.C8H7NO2.C7H9BO2.CH2Cl2.CH4/c1-16-4-7-18(8-5-16)19-11-20-12-21(29-24(20)22(25)13-19)15-27-23(28)9-6-17-3-2-10-26-14-17;1-13-5-7-14(8-6-13)15-9-16-10-17(25-19(16)18(22)11-15)12-23-20(24)26-21(2,3)4;1-10-2-4-11(5-3-10)12-6-13-7-14(9-18)19-16(13)15(17)8-12;1-14(2,3)20-13(18)17-7-10-5-8-4-9(15)6-11(16)12(8)19-10;10-8(11)4-3-7-2-1-5-9-6-7;1-6-2-4-7(5-3-6)8(9)10;2-1-3;/h2-11,13-14,21H,12,15H2,1H3,(H,27,28);5-9,11,17H,10,12H2,1-4H3,(H,23,24);2-6,8,14H,7,9,18H2,1H3;4,6,10H,5,7H2,1-3H3,(H,17,18);1-6H,(H,10,11);2-5,9-10H,1H3;1H2;1H4/b9-6+;;;;4-3+;;;.